The Labute approximate surface area is 125 Å². The van der Waals surface area contributed by atoms with Crippen LogP contribution in [0.5, 0.6) is 0 Å². The van der Waals surface area contributed by atoms with E-state index in [4.69, 9.17) is 0 Å². The number of nitrogens with zero attached hydrogens (tertiary/aromatic N) is 2. The van der Waals surface area contributed by atoms with Crippen molar-refractivity contribution in [3.8, 4) is 0 Å². The van der Waals surface area contributed by atoms with E-state index in [1.807, 2.05) is 34.9 Å². The smallest absolute Gasteiger partial charge is 0.247 e. The zero-order valence-electron chi connectivity index (χ0n) is 13.4. The fraction of sp³-hybridized carbons (Fsp3) is 0.562. The Hall–Kier alpha value is -1.62. The molecule has 0 aromatic heterocycles. The first kappa shape index (κ1) is 15.8. The molecule has 0 bridgehead atoms. The van der Waals surface area contributed by atoms with Gasteiger partial charge in [0, 0.05) is 31.9 Å². The Kier molecular flexibility index (Phi) is 4.23. The summed E-state index contributed by atoms with van der Waals surface area (Å²) >= 11 is 0. The van der Waals surface area contributed by atoms with Crippen molar-refractivity contribution in [1.29, 1.82) is 0 Å². The van der Waals surface area contributed by atoms with Gasteiger partial charge in [-0.3, -0.25) is 4.79 Å². The molecule has 4 nitrogen and oxygen atoms in total. The molecule has 1 N–H and O–H groups in total. The molecule has 1 aromatic carbocycles. The van der Waals surface area contributed by atoms with Crippen LogP contribution < -0.4 is 10.2 Å². The molecule has 1 amide bonds. The first-order valence-corrected chi connectivity index (χ1v) is 7.29. The third-order valence-electron chi connectivity index (χ3n) is 4.38. The second-order valence-electron chi connectivity index (χ2n) is 6.15. The summed E-state index contributed by atoms with van der Waals surface area (Å²) in [5.41, 5.74) is 1.17. The fourth-order valence-corrected chi connectivity index (χ4v) is 2.91. The number of piperazine rings is 1. The van der Waals surface area contributed by atoms with Gasteiger partial charge in [-0.1, -0.05) is 0 Å². The summed E-state index contributed by atoms with van der Waals surface area (Å²) < 4.78 is 13.6. The number of nitrogens with one attached hydrogen (secondary N) is 1. The molecule has 1 unspecified atom stereocenters. The average Bonchev–Trinajstić information content (AvgIpc) is 2.45. The van der Waals surface area contributed by atoms with Crippen LogP contribution >= 0.6 is 0 Å². The molecule has 1 saturated heterocycles. The number of benzene rings is 1. The number of halogens is 1. The third kappa shape index (κ3) is 2.75. The van der Waals surface area contributed by atoms with E-state index in [0.29, 0.717) is 6.54 Å². The predicted octanol–water partition coefficient (Wildman–Crippen LogP) is 2.16. The van der Waals surface area contributed by atoms with Crippen molar-refractivity contribution in [3.05, 3.63) is 29.6 Å². The minimum absolute atomic E-state index is 0.0151. The summed E-state index contributed by atoms with van der Waals surface area (Å²) in [6, 6.07) is 4.80. The Morgan fingerprint density at radius 1 is 1.33 bits per heavy atom. The molecule has 0 spiro atoms. The molecule has 0 radical (unpaired) electrons. The lowest BCUT2D eigenvalue weighted by Gasteiger charge is -2.47. The highest BCUT2D eigenvalue weighted by Gasteiger charge is 2.41. The van der Waals surface area contributed by atoms with Crippen LogP contribution in [0.4, 0.5) is 10.1 Å². The van der Waals surface area contributed by atoms with Crippen LogP contribution in [0.25, 0.3) is 0 Å². The number of carbonyl (C=O) groups is 1. The van der Waals surface area contributed by atoms with Gasteiger partial charge in [0.2, 0.25) is 5.91 Å². The van der Waals surface area contributed by atoms with E-state index >= 15 is 0 Å². The van der Waals surface area contributed by atoms with Crippen LogP contribution in [-0.2, 0) is 4.79 Å². The van der Waals surface area contributed by atoms with Crippen LogP contribution in [0.2, 0.25) is 0 Å². The van der Waals surface area contributed by atoms with E-state index in [9.17, 15) is 9.18 Å². The monoisotopic (exact) mass is 293 g/mol. The summed E-state index contributed by atoms with van der Waals surface area (Å²) in [6.45, 7) is 7.24. The van der Waals surface area contributed by atoms with Crippen molar-refractivity contribution in [2.24, 2.45) is 0 Å². The Balaban J connectivity index is 2.48. The first-order chi connectivity index (χ1) is 9.78. The number of rotatable bonds is 3. The molecule has 0 aliphatic carbocycles. The molecule has 116 valence electrons. The molecule has 1 atom stereocenters. The SMILES string of the molecule is CNC(C)c1cc(F)ccc1N1CCN(C)C(=O)C1(C)C. The van der Waals surface area contributed by atoms with E-state index in [1.165, 1.54) is 6.07 Å². The number of anilines is 1. The van der Waals surface area contributed by atoms with Gasteiger partial charge < -0.3 is 15.1 Å². The second-order valence-corrected chi connectivity index (χ2v) is 6.15. The molecule has 5 heteroatoms. The standard InChI is InChI=1S/C16H24FN3O/c1-11(18-4)13-10-12(17)6-7-14(13)20-9-8-19(5)15(21)16(20,2)3/h6-7,10-11,18H,8-9H2,1-5H3. The van der Waals surface area contributed by atoms with Crippen molar-refractivity contribution >= 4 is 11.6 Å². The lowest BCUT2D eigenvalue weighted by Crippen LogP contribution is -2.62. The van der Waals surface area contributed by atoms with Gasteiger partial charge in [-0.25, -0.2) is 4.39 Å². The zero-order chi connectivity index (χ0) is 15.8. The maximum absolute atomic E-state index is 13.6. The van der Waals surface area contributed by atoms with Gasteiger partial charge in [0.05, 0.1) is 0 Å². The van der Waals surface area contributed by atoms with Gasteiger partial charge in [-0.2, -0.15) is 0 Å². The van der Waals surface area contributed by atoms with Gasteiger partial charge in [-0.05, 0) is 51.6 Å². The van der Waals surface area contributed by atoms with Crippen molar-refractivity contribution in [2.75, 3.05) is 32.1 Å². The van der Waals surface area contributed by atoms with Gasteiger partial charge in [0.15, 0.2) is 0 Å². The zero-order valence-corrected chi connectivity index (χ0v) is 13.4. The predicted molar refractivity (Wildman–Crippen MR) is 82.9 cm³/mol. The molecule has 0 saturated carbocycles. The summed E-state index contributed by atoms with van der Waals surface area (Å²) in [5, 5.41) is 3.15. The van der Waals surface area contributed by atoms with Crippen LogP contribution in [0, 0.1) is 5.82 Å². The molecule has 1 fully saturated rings. The number of hydrogen-bond acceptors (Lipinski definition) is 3. The molecule has 1 aliphatic rings. The molecule has 1 aliphatic heterocycles. The van der Waals surface area contributed by atoms with Crippen LogP contribution in [-0.4, -0.2) is 43.5 Å². The Morgan fingerprint density at radius 3 is 2.62 bits per heavy atom. The summed E-state index contributed by atoms with van der Waals surface area (Å²) in [4.78, 5) is 16.3. The molecule has 1 aromatic rings. The van der Waals surface area contributed by atoms with Gasteiger partial charge in [0.25, 0.3) is 0 Å². The first-order valence-electron chi connectivity index (χ1n) is 7.29. The minimum atomic E-state index is -0.632. The summed E-state index contributed by atoms with van der Waals surface area (Å²) in [6.07, 6.45) is 0. The molecule has 2 rings (SSSR count). The number of carbonyl (C=O) groups excluding carboxylic acids is 1. The summed E-state index contributed by atoms with van der Waals surface area (Å²) in [7, 11) is 3.67. The quantitative estimate of drug-likeness (QED) is 0.927. The second kappa shape index (κ2) is 5.64. The number of hydrogen-bond donors (Lipinski definition) is 1. The van der Waals surface area contributed by atoms with Crippen LogP contribution in [0.15, 0.2) is 18.2 Å². The number of amides is 1. The van der Waals surface area contributed by atoms with E-state index in [-0.39, 0.29) is 17.8 Å². The maximum Gasteiger partial charge on any atom is 0.247 e. The Morgan fingerprint density at radius 2 is 2.00 bits per heavy atom. The molecular formula is C16H24FN3O. The van der Waals surface area contributed by atoms with E-state index < -0.39 is 5.54 Å². The van der Waals surface area contributed by atoms with Crippen molar-refractivity contribution in [1.82, 2.24) is 10.2 Å². The Bertz CT molecular complexity index is 544. The normalized spacial score (nSPS) is 19.8. The van der Waals surface area contributed by atoms with Crippen molar-refractivity contribution < 1.29 is 9.18 Å². The van der Waals surface area contributed by atoms with Crippen LogP contribution in [0.3, 0.4) is 0 Å². The third-order valence-corrected chi connectivity index (χ3v) is 4.38. The average molecular weight is 293 g/mol. The van der Waals surface area contributed by atoms with Gasteiger partial charge in [0.1, 0.15) is 11.4 Å². The van der Waals surface area contributed by atoms with Crippen molar-refractivity contribution in [3.63, 3.8) is 0 Å². The molecule has 21 heavy (non-hydrogen) atoms. The van der Waals surface area contributed by atoms with Gasteiger partial charge >= 0.3 is 0 Å². The lowest BCUT2D eigenvalue weighted by molar-refractivity contribution is -0.136. The van der Waals surface area contributed by atoms with Crippen LogP contribution in [0.1, 0.15) is 32.4 Å². The minimum Gasteiger partial charge on any atom is -0.355 e. The van der Waals surface area contributed by atoms with E-state index in [2.05, 4.69) is 10.2 Å². The lowest BCUT2D eigenvalue weighted by atomic mass is 9.94. The highest BCUT2D eigenvalue weighted by Crippen LogP contribution is 2.34. The van der Waals surface area contributed by atoms with E-state index in [1.54, 1.807) is 17.0 Å². The highest BCUT2D eigenvalue weighted by atomic mass is 19.1. The topological polar surface area (TPSA) is 35.6 Å². The maximum atomic E-state index is 13.6. The molecule has 1 heterocycles. The van der Waals surface area contributed by atoms with Crippen molar-refractivity contribution in [2.45, 2.75) is 32.4 Å². The fourth-order valence-electron chi connectivity index (χ4n) is 2.91. The number of likely N-dealkylation sites (N-methyl/N-ethyl adjacent to an activating group) is 1. The van der Waals surface area contributed by atoms with E-state index in [0.717, 1.165) is 17.8 Å². The largest absolute Gasteiger partial charge is 0.355 e. The highest BCUT2D eigenvalue weighted by molar-refractivity contribution is 5.90. The molecular weight excluding hydrogens is 269 g/mol. The van der Waals surface area contributed by atoms with Gasteiger partial charge in [-0.15, -0.1) is 0 Å². The summed E-state index contributed by atoms with van der Waals surface area (Å²) in [5.74, 6) is -0.171.